The van der Waals surface area contributed by atoms with Gasteiger partial charge in [-0.2, -0.15) is 0 Å². The second kappa shape index (κ2) is 13.4. The Morgan fingerprint density at radius 2 is 2.13 bits per heavy atom. The van der Waals surface area contributed by atoms with Crippen LogP contribution >= 0.6 is 24.0 Å². The summed E-state index contributed by atoms with van der Waals surface area (Å²) in [4.78, 5) is 4.75. The van der Waals surface area contributed by atoms with Crippen molar-refractivity contribution in [3.8, 4) is 11.5 Å². The van der Waals surface area contributed by atoms with Crippen molar-refractivity contribution in [2.75, 3.05) is 38.7 Å². The van der Waals surface area contributed by atoms with Gasteiger partial charge < -0.3 is 29.3 Å². The summed E-state index contributed by atoms with van der Waals surface area (Å²) >= 11 is 0. The number of halogens is 1. The fourth-order valence-electron chi connectivity index (χ4n) is 3.20. The lowest BCUT2D eigenvalue weighted by molar-refractivity contribution is 0.0225. The number of hydrogen-bond donors (Lipinski definition) is 2. The number of furan rings is 1. The van der Waals surface area contributed by atoms with Gasteiger partial charge in [-0.3, -0.25) is 4.99 Å². The van der Waals surface area contributed by atoms with Gasteiger partial charge in [0.1, 0.15) is 5.76 Å². The minimum atomic E-state index is 0. The van der Waals surface area contributed by atoms with Crippen molar-refractivity contribution < 1.29 is 18.6 Å². The molecule has 30 heavy (non-hydrogen) atoms. The fraction of sp³-hybridized carbons (Fsp3) is 0.500. The summed E-state index contributed by atoms with van der Waals surface area (Å²) in [6.45, 7) is 4.68. The molecule has 2 N–H and O–H groups in total. The van der Waals surface area contributed by atoms with Crippen LogP contribution in [0.15, 0.2) is 46.0 Å². The summed E-state index contributed by atoms with van der Waals surface area (Å²) in [5.74, 6) is 3.05. The van der Waals surface area contributed by atoms with E-state index < -0.39 is 0 Å². The van der Waals surface area contributed by atoms with Gasteiger partial charge in [0.05, 0.1) is 32.6 Å². The number of guanidine groups is 1. The number of hydrogen-bond acceptors (Lipinski definition) is 5. The van der Waals surface area contributed by atoms with Crippen LogP contribution in [0, 0.1) is 0 Å². The van der Waals surface area contributed by atoms with Gasteiger partial charge >= 0.3 is 0 Å². The molecule has 0 amide bonds. The third-order valence-corrected chi connectivity index (χ3v) is 4.70. The highest BCUT2D eigenvalue weighted by Crippen LogP contribution is 2.30. The molecule has 0 spiro atoms. The van der Waals surface area contributed by atoms with Crippen molar-refractivity contribution in [1.29, 1.82) is 0 Å². The number of rotatable bonds is 9. The smallest absolute Gasteiger partial charge is 0.195 e. The van der Waals surface area contributed by atoms with Crippen molar-refractivity contribution in [3.63, 3.8) is 0 Å². The number of methoxy groups -OCH3 is 1. The Labute approximate surface area is 195 Å². The summed E-state index contributed by atoms with van der Waals surface area (Å²) in [6, 6.07) is 9.62. The lowest BCUT2D eigenvalue weighted by Crippen LogP contribution is -2.34. The van der Waals surface area contributed by atoms with Crippen LogP contribution < -0.4 is 20.1 Å². The molecule has 1 aliphatic rings. The highest BCUT2D eigenvalue weighted by Gasteiger charge is 2.14. The third kappa shape index (κ3) is 7.71. The lowest BCUT2D eigenvalue weighted by Gasteiger charge is -2.21. The molecule has 1 fully saturated rings. The topological polar surface area (TPSA) is 77.2 Å². The van der Waals surface area contributed by atoms with E-state index in [-0.39, 0.29) is 30.1 Å². The van der Waals surface area contributed by atoms with E-state index in [1.807, 2.05) is 37.3 Å². The summed E-state index contributed by atoms with van der Waals surface area (Å²) in [6.07, 6.45) is 6.04. The maximum Gasteiger partial charge on any atom is 0.195 e. The van der Waals surface area contributed by atoms with Crippen LogP contribution in [0.5, 0.6) is 11.5 Å². The molecule has 1 aromatic heterocycles. The molecule has 7 nitrogen and oxygen atoms in total. The lowest BCUT2D eigenvalue weighted by atomic mass is 10.1. The number of nitrogens with zero attached hydrogens (tertiary/aromatic N) is 1. The van der Waals surface area contributed by atoms with Crippen molar-refractivity contribution in [3.05, 3.63) is 42.4 Å². The Kier molecular flexibility index (Phi) is 10.9. The molecule has 1 saturated heterocycles. The molecule has 0 aliphatic carbocycles. The van der Waals surface area contributed by atoms with Crippen molar-refractivity contribution in [1.82, 2.24) is 5.32 Å². The Balaban J connectivity index is 0.00000320. The Hall–Kier alpha value is -1.94. The fourth-order valence-corrected chi connectivity index (χ4v) is 3.20. The Morgan fingerprint density at radius 3 is 2.83 bits per heavy atom. The predicted molar refractivity (Wildman–Crippen MR) is 130 cm³/mol. The summed E-state index contributed by atoms with van der Waals surface area (Å²) in [5, 5.41) is 6.74. The molecule has 166 valence electrons. The maximum absolute atomic E-state index is 5.81. The maximum atomic E-state index is 5.81. The second-order valence-electron chi connectivity index (χ2n) is 6.86. The van der Waals surface area contributed by atoms with Gasteiger partial charge in [0, 0.05) is 31.3 Å². The predicted octanol–water partition coefficient (Wildman–Crippen LogP) is 4.47. The van der Waals surface area contributed by atoms with Crippen LogP contribution in [0.25, 0.3) is 0 Å². The highest BCUT2D eigenvalue weighted by atomic mass is 127. The van der Waals surface area contributed by atoms with Crippen molar-refractivity contribution >= 4 is 35.6 Å². The van der Waals surface area contributed by atoms with Crippen molar-refractivity contribution in [2.45, 2.75) is 38.7 Å². The molecule has 1 atom stereocenters. The molecule has 1 aromatic carbocycles. The van der Waals surface area contributed by atoms with E-state index in [0.717, 1.165) is 37.3 Å². The molecule has 0 radical (unpaired) electrons. The zero-order valence-electron chi connectivity index (χ0n) is 17.7. The first-order chi connectivity index (χ1) is 14.3. The van der Waals surface area contributed by atoms with Gasteiger partial charge in [0.2, 0.25) is 0 Å². The highest BCUT2D eigenvalue weighted by molar-refractivity contribution is 14.0. The molecular weight excluding hydrogens is 497 g/mol. The van der Waals surface area contributed by atoms with Gasteiger partial charge in [-0.1, -0.05) is 0 Å². The van der Waals surface area contributed by atoms with Gasteiger partial charge in [-0.25, -0.2) is 0 Å². The van der Waals surface area contributed by atoms with Crippen LogP contribution in [0.4, 0.5) is 5.69 Å². The quantitative estimate of drug-likeness (QED) is 0.284. The average Bonchev–Trinajstić information content (AvgIpc) is 3.27. The number of anilines is 1. The second-order valence-corrected chi connectivity index (χ2v) is 6.86. The monoisotopic (exact) mass is 529 g/mol. The minimum absolute atomic E-state index is 0. The molecule has 8 heteroatoms. The molecule has 0 saturated carbocycles. The largest absolute Gasteiger partial charge is 0.493 e. The van der Waals surface area contributed by atoms with Gasteiger partial charge in [-0.15, -0.1) is 24.0 Å². The van der Waals surface area contributed by atoms with Crippen LogP contribution in [0.3, 0.4) is 0 Å². The molecular formula is C22H32IN3O4. The zero-order valence-corrected chi connectivity index (χ0v) is 20.0. The van der Waals surface area contributed by atoms with Crippen LogP contribution in [0.2, 0.25) is 0 Å². The van der Waals surface area contributed by atoms with Gasteiger partial charge in [-0.05, 0) is 50.5 Å². The first-order valence-electron chi connectivity index (χ1n) is 10.3. The van der Waals surface area contributed by atoms with E-state index in [4.69, 9.17) is 23.6 Å². The van der Waals surface area contributed by atoms with E-state index in [1.54, 1.807) is 13.4 Å². The summed E-state index contributed by atoms with van der Waals surface area (Å²) in [5.41, 5.74) is 0.878. The van der Waals surface area contributed by atoms with Crippen LogP contribution in [-0.4, -0.2) is 45.5 Å². The van der Waals surface area contributed by atoms with E-state index in [0.29, 0.717) is 37.2 Å². The number of ether oxygens (including phenoxy) is 3. The first-order valence-corrected chi connectivity index (χ1v) is 10.3. The first kappa shape index (κ1) is 24.3. The average molecular weight is 529 g/mol. The number of benzene rings is 1. The number of nitrogens with one attached hydrogen (secondary N) is 2. The van der Waals surface area contributed by atoms with E-state index in [1.165, 1.54) is 6.42 Å². The standard InChI is InChI=1S/C22H31N3O4.HI/c1-3-27-21-15-17(9-10-20(21)26-2)25-22(23-12-11-18-8-6-14-28-18)24-16-19-7-4-5-13-29-19;/h6,8-10,14-15,19H,3-5,7,11-13,16H2,1-2H3,(H2,23,24,25);1H. The molecule has 1 unspecified atom stereocenters. The molecule has 1 aliphatic heterocycles. The van der Waals surface area contributed by atoms with Crippen LogP contribution in [0.1, 0.15) is 31.9 Å². The van der Waals surface area contributed by atoms with E-state index in [2.05, 4.69) is 10.6 Å². The van der Waals surface area contributed by atoms with Crippen LogP contribution in [-0.2, 0) is 11.2 Å². The van der Waals surface area contributed by atoms with E-state index in [9.17, 15) is 0 Å². The van der Waals surface area contributed by atoms with Gasteiger partial charge in [0.25, 0.3) is 0 Å². The van der Waals surface area contributed by atoms with Gasteiger partial charge in [0.15, 0.2) is 17.5 Å². The summed E-state index contributed by atoms with van der Waals surface area (Å²) in [7, 11) is 1.64. The van der Waals surface area contributed by atoms with E-state index >= 15 is 0 Å². The third-order valence-electron chi connectivity index (χ3n) is 4.70. The normalized spacial score (nSPS) is 16.5. The molecule has 2 heterocycles. The molecule has 3 rings (SSSR count). The summed E-state index contributed by atoms with van der Waals surface area (Å²) < 4.78 is 22.3. The van der Waals surface area contributed by atoms with Crippen molar-refractivity contribution in [2.24, 2.45) is 4.99 Å². The Bertz CT molecular complexity index is 762. The minimum Gasteiger partial charge on any atom is -0.493 e. The SMILES string of the molecule is CCOc1cc(NC(=NCC2CCCCO2)NCCc2ccco2)ccc1OC.I. The number of aliphatic imine (C=N–C) groups is 1. The molecule has 0 bridgehead atoms. The molecule has 2 aromatic rings. The Morgan fingerprint density at radius 1 is 1.23 bits per heavy atom. The zero-order chi connectivity index (χ0) is 20.3.